The van der Waals surface area contributed by atoms with Crippen molar-refractivity contribution < 1.29 is 14.7 Å². The standard InChI is InChI=1S/C14H13BrN2O3S/c1-8(9-4-5-21-7-9)16-14(20)17-12-3-2-10(15)6-11(12)13(18)19/h2-8H,1H3,(H,18,19)(H2,16,17,20). The molecule has 0 aliphatic heterocycles. The maximum atomic E-state index is 12.0. The molecule has 1 heterocycles. The van der Waals surface area contributed by atoms with Gasteiger partial charge in [0.15, 0.2) is 0 Å². The van der Waals surface area contributed by atoms with E-state index in [9.17, 15) is 9.59 Å². The maximum Gasteiger partial charge on any atom is 0.337 e. The third-order valence-corrected chi connectivity index (χ3v) is 4.05. The van der Waals surface area contributed by atoms with Gasteiger partial charge in [-0.05, 0) is 47.5 Å². The molecule has 2 amide bonds. The third-order valence-electron chi connectivity index (χ3n) is 2.85. The molecule has 21 heavy (non-hydrogen) atoms. The lowest BCUT2D eigenvalue weighted by molar-refractivity contribution is 0.0698. The van der Waals surface area contributed by atoms with Crippen molar-refractivity contribution in [3.63, 3.8) is 0 Å². The number of urea groups is 1. The third kappa shape index (κ3) is 4.05. The number of hydrogen-bond donors (Lipinski definition) is 3. The molecule has 0 fully saturated rings. The second kappa shape index (κ2) is 6.73. The lowest BCUT2D eigenvalue weighted by atomic mass is 10.2. The molecule has 1 atom stereocenters. The first-order valence-corrected chi connectivity index (χ1v) is 7.83. The van der Waals surface area contributed by atoms with E-state index in [4.69, 9.17) is 5.11 Å². The Labute approximate surface area is 134 Å². The first-order chi connectivity index (χ1) is 9.97. The van der Waals surface area contributed by atoms with E-state index in [1.165, 1.54) is 6.07 Å². The molecule has 0 radical (unpaired) electrons. The summed E-state index contributed by atoms with van der Waals surface area (Å²) < 4.78 is 0.637. The van der Waals surface area contributed by atoms with Gasteiger partial charge in [-0.3, -0.25) is 0 Å². The SMILES string of the molecule is CC(NC(=O)Nc1ccc(Br)cc1C(=O)O)c1ccsc1. The number of aromatic carboxylic acids is 1. The van der Waals surface area contributed by atoms with Gasteiger partial charge in [-0.25, -0.2) is 9.59 Å². The van der Waals surface area contributed by atoms with E-state index in [1.54, 1.807) is 23.5 Å². The Balaban J connectivity index is 2.08. The number of anilines is 1. The van der Waals surface area contributed by atoms with Crippen molar-refractivity contribution in [3.8, 4) is 0 Å². The average Bonchev–Trinajstić information content (AvgIpc) is 2.94. The summed E-state index contributed by atoms with van der Waals surface area (Å²) >= 11 is 4.76. The molecule has 2 rings (SSSR count). The van der Waals surface area contributed by atoms with Crippen molar-refractivity contribution in [2.24, 2.45) is 0 Å². The van der Waals surface area contributed by atoms with Crippen molar-refractivity contribution >= 4 is 45.0 Å². The number of carbonyl (C=O) groups excluding carboxylic acids is 1. The molecule has 1 aromatic carbocycles. The van der Waals surface area contributed by atoms with E-state index in [2.05, 4.69) is 26.6 Å². The van der Waals surface area contributed by atoms with Gasteiger partial charge >= 0.3 is 12.0 Å². The van der Waals surface area contributed by atoms with E-state index in [-0.39, 0.29) is 17.3 Å². The Hall–Kier alpha value is -1.86. The molecule has 0 spiro atoms. The lowest BCUT2D eigenvalue weighted by Gasteiger charge is -2.14. The number of carboxylic acids is 1. The van der Waals surface area contributed by atoms with Crippen LogP contribution in [0.3, 0.4) is 0 Å². The van der Waals surface area contributed by atoms with Crippen LogP contribution in [0.2, 0.25) is 0 Å². The van der Waals surface area contributed by atoms with Gasteiger partial charge in [-0.15, -0.1) is 0 Å². The highest BCUT2D eigenvalue weighted by Crippen LogP contribution is 2.21. The average molecular weight is 369 g/mol. The molecule has 0 aliphatic carbocycles. The van der Waals surface area contributed by atoms with E-state index in [1.807, 2.05) is 23.8 Å². The summed E-state index contributed by atoms with van der Waals surface area (Å²) in [5, 5.41) is 18.4. The summed E-state index contributed by atoms with van der Waals surface area (Å²) in [7, 11) is 0. The zero-order chi connectivity index (χ0) is 15.4. The smallest absolute Gasteiger partial charge is 0.337 e. The Morgan fingerprint density at radius 1 is 1.33 bits per heavy atom. The molecule has 0 saturated heterocycles. The summed E-state index contributed by atoms with van der Waals surface area (Å²) in [4.78, 5) is 23.1. The summed E-state index contributed by atoms with van der Waals surface area (Å²) in [6.07, 6.45) is 0. The fourth-order valence-electron chi connectivity index (χ4n) is 1.76. The first kappa shape index (κ1) is 15.5. The molecule has 2 aromatic rings. The largest absolute Gasteiger partial charge is 0.478 e. The van der Waals surface area contributed by atoms with E-state index < -0.39 is 12.0 Å². The van der Waals surface area contributed by atoms with Crippen molar-refractivity contribution in [1.29, 1.82) is 0 Å². The monoisotopic (exact) mass is 368 g/mol. The van der Waals surface area contributed by atoms with Crippen LogP contribution in [0.5, 0.6) is 0 Å². The van der Waals surface area contributed by atoms with Crippen molar-refractivity contribution in [2.75, 3.05) is 5.32 Å². The highest BCUT2D eigenvalue weighted by molar-refractivity contribution is 9.10. The van der Waals surface area contributed by atoms with Crippen LogP contribution in [0.15, 0.2) is 39.5 Å². The minimum absolute atomic E-state index is 0.0303. The summed E-state index contributed by atoms with van der Waals surface area (Å²) in [6, 6.07) is 5.99. The zero-order valence-electron chi connectivity index (χ0n) is 11.1. The van der Waals surface area contributed by atoms with Gasteiger partial charge < -0.3 is 15.7 Å². The number of hydrogen-bond acceptors (Lipinski definition) is 3. The number of amides is 2. The number of benzene rings is 1. The molecule has 1 aromatic heterocycles. The van der Waals surface area contributed by atoms with Gasteiger partial charge in [0.1, 0.15) is 0 Å². The Bertz CT molecular complexity index is 658. The van der Waals surface area contributed by atoms with Gasteiger partial charge in [-0.2, -0.15) is 11.3 Å². The van der Waals surface area contributed by atoms with Gasteiger partial charge in [0.25, 0.3) is 0 Å². The van der Waals surface area contributed by atoms with Gasteiger partial charge in [0.05, 0.1) is 17.3 Å². The second-order valence-corrected chi connectivity index (χ2v) is 6.07. The molecule has 5 nitrogen and oxygen atoms in total. The maximum absolute atomic E-state index is 12.0. The molecule has 110 valence electrons. The minimum atomic E-state index is -1.10. The van der Waals surface area contributed by atoms with Crippen molar-refractivity contribution in [3.05, 3.63) is 50.6 Å². The van der Waals surface area contributed by atoms with E-state index in [0.29, 0.717) is 4.47 Å². The molecule has 3 N–H and O–H groups in total. The Kier molecular flexibility index (Phi) is 4.98. The van der Waals surface area contributed by atoms with Crippen LogP contribution < -0.4 is 10.6 Å². The predicted molar refractivity (Wildman–Crippen MR) is 86.0 cm³/mol. The number of halogens is 1. The Morgan fingerprint density at radius 3 is 2.71 bits per heavy atom. The first-order valence-electron chi connectivity index (χ1n) is 6.10. The van der Waals surface area contributed by atoms with Crippen LogP contribution in [0.4, 0.5) is 10.5 Å². The van der Waals surface area contributed by atoms with Gasteiger partial charge in [-0.1, -0.05) is 15.9 Å². The predicted octanol–water partition coefficient (Wildman–Crippen LogP) is 4.09. The number of carbonyl (C=O) groups is 2. The highest BCUT2D eigenvalue weighted by Gasteiger charge is 2.15. The molecular weight excluding hydrogens is 356 g/mol. The van der Waals surface area contributed by atoms with Gasteiger partial charge in [0.2, 0.25) is 0 Å². The second-order valence-electron chi connectivity index (χ2n) is 4.37. The van der Waals surface area contributed by atoms with Crippen LogP contribution in [0.1, 0.15) is 28.9 Å². The molecule has 7 heteroatoms. The van der Waals surface area contributed by atoms with E-state index >= 15 is 0 Å². The van der Waals surface area contributed by atoms with E-state index in [0.717, 1.165) is 5.56 Å². The van der Waals surface area contributed by atoms with Crippen LogP contribution in [0.25, 0.3) is 0 Å². The van der Waals surface area contributed by atoms with Crippen molar-refractivity contribution in [2.45, 2.75) is 13.0 Å². The summed E-state index contributed by atoms with van der Waals surface area (Å²) in [5.74, 6) is -1.10. The normalized spacial score (nSPS) is 11.7. The van der Waals surface area contributed by atoms with Crippen LogP contribution in [-0.2, 0) is 0 Å². The zero-order valence-corrected chi connectivity index (χ0v) is 13.5. The molecule has 0 saturated carbocycles. The quantitative estimate of drug-likeness (QED) is 0.760. The highest BCUT2D eigenvalue weighted by atomic mass is 79.9. The number of nitrogens with one attached hydrogen (secondary N) is 2. The number of thiophene rings is 1. The summed E-state index contributed by atoms with van der Waals surface area (Å²) in [5.41, 5.74) is 1.29. The molecule has 0 bridgehead atoms. The molecule has 0 aliphatic rings. The molecule has 1 unspecified atom stereocenters. The topological polar surface area (TPSA) is 78.4 Å². The summed E-state index contributed by atoms with van der Waals surface area (Å²) in [6.45, 7) is 1.86. The fraction of sp³-hybridized carbons (Fsp3) is 0.143. The van der Waals surface area contributed by atoms with Crippen LogP contribution >= 0.6 is 27.3 Å². The van der Waals surface area contributed by atoms with Gasteiger partial charge in [0, 0.05) is 4.47 Å². The number of rotatable bonds is 4. The Morgan fingerprint density at radius 2 is 2.10 bits per heavy atom. The van der Waals surface area contributed by atoms with Crippen LogP contribution in [0, 0.1) is 0 Å². The fourth-order valence-corrected chi connectivity index (χ4v) is 2.88. The van der Waals surface area contributed by atoms with Crippen molar-refractivity contribution in [1.82, 2.24) is 5.32 Å². The van der Waals surface area contributed by atoms with Crippen LogP contribution in [-0.4, -0.2) is 17.1 Å². The number of carboxylic acid groups (broad SMARTS) is 1. The lowest BCUT2D eigenvalue weighted by Crippen LogP contribution is -2.31. The minimum Gasteiger partial charge on any atom is -0.478 e. The molecular formula is C14H13BrN2O3S.